The molecule has 0 aliphatic carbocycles. The highest BCUT2D eigenvalue weighted by molar-refractivity contribution is 5.93. The van der Waals surface area contributed by atoms with Gasteiger partial charge in [-0.15, -0.1) is 6.42 Å². The summed E-state index contributed by atoms with van der Waals surface area (Å²) in [7, 11) is 1.79. The van der Waals surface area contributed by atoms with E-state index < -0.39 is 0 Å². The molecule has 0 saturated carbocycles. The molecule has 1 unspecified atom stereocenters. The van der Waals surface area contributed by atoms with Crippen LogP contribution in [0.5, 0.6) is 0 Å². The number of amides is 1. The average molecular weight is 279 g/mol. The van der Waals surface area contributed by atoms with E-state index in [1.54, 1.807) is 24.0 Å². The molecule has 0 radical (unpaired) electrons. The molecule has 1 amide bonds. The first-order chi connectivity index (χ1) is 10.2. The maximum Gasteiger partial charge on any atom is 0.272 e. The van der Waals surface area contributed by atoms with Gasteiger partial charge in [-0.05, 0) is 36.6 Å². The lowest BCUT2D eigenvalue weighted by molar-refractivity contribution is 0.0724. The molecular weight excluding hydrogens is 262 g/mol. The normalized spacial score (nSPS) is 17.7. The average Bonchev–Trinajstić information content (AvgIpc) is 3.15. The number of carbonyl (C=O) groups excluding carboxylic acids is 1. The van der Waals surface area contributed by atoms with E-state index in [4.69, 9.17) is 6.42 Å². The maximum absolute atomic E-state index is 12.7. The summed E-state index contributed by atoms with van der Waals surface area (Å²) in [4.78, 5) is 14.6. The second-order valence-electron chi connectivity index (χ2n) is 5.26. The standard InChI is InChI=1S/C17H17N3O/c1-3-13-6-8-14(9-7-13)15-5-4-12-20(15)17(21)16-10-11-18-19(16)2/h1,6-11,15H,4-5,12H2,2H3. The molecule has 0 N–H and O–H groups in total. The Kier molecular flexibility index (Phi) is 3.49. The highest BCUT2D eigenvalue weighted by Gasteiger charge is 2.31. The Labute approximate surface area is 124 Å². The predicted octanol–water partition coefficient (Wildman–Crippen LogP) is 2.38. The summed E-state index contributed by atoms with van der Waals surface area (Å²) < 4.78 is 1.62. The minimum atomic E-state index is 0.0403. The van der Waals surface area contributed by atoms with Crippen molar-refractivity contribution < 1.29 is 4.79 Å². The minimum Gasteiger partial charge on any atom is -0.330 e. The van der Waals surface area contributed by atoms with Crippen molar-refractivity contribution in [3.05, 3.63) is 53.3 Å². The largest absolute Gasteiger partial charge is 0.330 e. The van der Waals surface area contributed by atoms with Crippen LogP contribution in [-0.2, 0) is 7.05 Å². The van der Waals surface area contributed by atoms with Gasteiger partial charge in [0, 0.05) is 25.4 Å². The van der Waals surface area contributed by atoms with Crippen molar-refractivity contribution in [3.8, 4) is 12.3 Å². The molecule has 2 heterocycles. The highest BCUT2D eigenvalue weighted by atomic mass is 16.2. The molecule has 1 aliphatic rings. The van der Waals surface area contributed by atoms with Crippen molar-refractivity contribution in [3.63, 3.8) is 0 Å². The third-order valence-corrected chi connectivity index (χ3v) is 4.02. The van der Waals surface area contributed by atoms with Crippen molar-refractivity contribution in [2.45, 2.75) is 18.9 Å². The molecule has 4 nitrogen and oxygen atoms in total. The van der Waals surface area contributed by atoms with Crippen LogP contribution < -0.4 is 0 Å². The van der Waals surface area contributed by atoms with E-state index in [2.05, 4.69) is 11.0 Å². The summed E-state index contributed by atoms with van der Waals surface area (Å²) in [6.45, 7) is 0.783. The smallest absolute Gasteiger partial charge is 0.272 e. The molecule has 1 aromatic heterocycles. The SMILES string of the molecule is C#Cc1ccc(C2CCCN2C(=O)c2ccnn2C)cc1. The van der Waals surface area contributed by atoms with Gasteiger partial charge in [0.2, 0.25) is 0 Å². The zero-order valence-electron chi connectivity index (χ0n) is 12.0. The summed E-state index contributed by atoms with van der Waals surface area (Å²) in [6.07, 6.45) is 9.04. The van der Waals surface area contributed by atoms with E-state index in [-0.39, 0.29) is 11.9 Å². The Morgan fingerprint density at radius 1 is 1.33 bits per heavy atom. The van der Waals surface area contributed by atoms with Crippen molar-refractivity contribution in [1.82, 2.24) is 14.7 Å². The first kappa shape index (κ1) is 13.4. The van der Waals surface area contributed by atoms with Gasteiger partial charge < -0.3 is 4.90 Å². The fourth-order valence-electron chi connectivity index (χ4n) is 2.89. The van der Waals surface area contributed by atoms with Crippen molar-refractivity contribution in [1.29, 1.82) is 0 Å². The number of terminal acetylenes is 1. The van der Waals surface area contributed by atoms with E-state index >= 15 is 0 Å². The Balaban J connectivity index is 1.87. The Bertz CT molecular complexity index is 694. The van der Waals surface area contributed by atoms with Crippen LogP contribution in [-0.4, -0.2) is 27.1 Å². The van der Waals surface area contributed by atoms with Gasteiger partial charge in [-0.1, -0.05) is 18.1 Å². The molecule has 4 heteroatoms. The lowest BCUT2D eigenvalue weighted by Crippen LogP contribution is -2.32. The van der Waals surface area contributed by atoms with Gasteiger partial charge in [0.15, 0.2) is 0 Å². The molecule has 1 aromatic carbocycles. The first-order valence-electron chi connectivity index (χ1n) is 7.06. The minimum absolute atomic E-state index is 0.0403. The third-order valence-electron chi connectivity index (χ3n) is 4.02. The first-order valence-corrected chi connectivity index (χ1v) is 7.06. The lowest BCUT2D eigenvalue weighted by Gasteiger charge is -2.25. The Morgan fingerprint density at radius 2 is 2.10 bits per heavy atom. The number of carbonyl (C=O) groups is 1. The molecule has 1 saturated heterocycles. The topological polar surface area (TPSA) is 38.1 Å². The molecular formula is C17H17N3O. The van der Waals surface area contributed by atoms with Gasteiger partial charge in [-0.25, -0.2) is 0 Å². The lowest BCUT2D eigenvalue weighted by atomic mass is 10.0. The van der Waals surface area contributed by atoms with Crippen molar-refractivity contribution in [2.24, 2.45) is 7.05 Å². The van der Waals surface area contributed by atoms with Crippen LogP contribution in [0.4, 0.5) is 0 Å². The molecule has 1 fully saturated rings. The second kappa shape index (κ2) is 5.45. The van der Waals surface area contributed by atoms with Crippen molar-refractivity contribution >= 4 is 5.91 Å². The van der Waals surface area contributed by atoms with Gasteiger partial charge in [0.1, 0.15) is 5.69 Å². The number of aromatic nitrogens is 2. The number of aryl methyl sites for hydroxylation is 1. The fourth-order valence-corrected chi connectivity index (χ4v) is 2.89. The Morgan fingerprint density at radius 3 is 2.71 bits per heavy atom. The van der Waals surface area contributed by atoms with Crippen LogP contribution in [0.1, 0.15) is 40.5 Å². The summed E-state index contributed by atoms with van der Waals surface area (Å²) in [5.41, 5.74) is 2.63. The predicted molar refractivity (Wildman–Crippen MR) is 80.6 cm³/mol. The molecule has 0 bridgehead atoms. The van der Waals surface area contributed by atoms with Crippen LogP contribution in [0.3, 0.4) is 0 Å². The van der Waals surface area contributed by atoms with Crippen LogP contribution in [0.25, 0.3) is 0 Å². The number of hydrogen-bond donors (Lipinski definition) is 0. The number of nitrogens with zero attached hydrogens (tertiary/aromatic N) is 3. The molecule has 106 valence electrons. The van der Waals surface area contributed by atoms with Crippen LogP contribution in [0.15, 0.2) is 36.5 Å². The molecule has 2 aromatic rings. The van der Waals surface area contributed by atoms with E-state index in [0.29, 0.717) is 5.69 Å². The van der Waals surface area contributed by atoms with Gasteiger partial charge in [-0.3, -0.25) is 9.48 Å². The number of likely N-dealkylation sites (tertiary alicyclic amines) is 1. The summed E-state index contributed by atoms with van der Waals surface area (Å²) in [5.74, 6) is 2.66. The zero-order valence-corrected chi connectivity index (χ0v) is 12.0. The monoisotopic (exact) mass is 279 g/mol. The number of benzene rings is 1. The van der Waals surface area contributed by atoms with Crippen LogP contribution in [0, 0.1) is 12.3 Å². The molecule has 3 rings (SSSR count). The van der Waals surface area contributed by atoms with E-state index in [1.807, 2.05) is 29.2 Å². The third kappa shape index (κ3) is 2.43. The van der Waals surface area contributed by atoms with E-state index in [0.717, 1.165) is 30.5 Å². The van der Waals surface area contributed by atoms with E-state index in [9.17, 15) is 4.79 Å². The van der Waals surface area contributed by atoms with Crippen molar-refractivity contribution in [2.75, 3.05) is 6.54 Å². The van der Waals surface area contributed by atoms with E-state index in [1.165, 1.54) is 0 Å². The summed E-state index contributed by atoms with van der Waals surface area (Å²) in [6, 6.07) is 9.79. The van der Waals surface area contributed by atoms with Crippen LogP contribution in [0.2, 0.25) is 0 Å². The van der Waals surface area contributed by atoms with Gasteiger partial charge in [-0.2, -0.15) is 5.10 Å². The van der Waals surface area contributed by atoms with Crippen LogP contribution >= 0.6 is 0 Å². The van der Waals surface area contributed by atoms with Gasteiger partial charge in [0.25, 0.3) is 5.91 Å². The molecule has 21 heavy (non-hydrogen) atoms. The zero-order chi connectivity index (χ0) is 14.8. The number of hydrogen-bond acceptors (Lipinski definition) is 2. The van der Waals surface area contributed by atoms with Gasteiger partial charge in [0.05, 0.1) is 6.04 Å². The quantitative estimate of drug-likeness (QED) is 0.792. The molecule has 1 aliphatic heterocycles. The molecule has 1 atom stereocenters. The summed E-state index contributed by atoms with van der Waals surface area (Å²) >= 11 is 0. The maximum atomic E-state index is 12.7. The second-order valence-corrected chi connectivity index (χ2v) is 5.26. The summed E-state index contributed by atoms with van der Waals surface area (Å²) in [5, 5.41) is 4.08. The van der Waals surface area contributed by atoms with Gasteiger partial charge >= 0.3 is 0 Å². The highest BCUT2D eigenvalue weighted by Crippen LogP contribution is 2.33. The number of rotatable bonds is 2. The Hall–Kier alpha value is -2.54. The fraction of sp³-hybridized carbons (Fsp3) is 0.294. The molecule has 0 spiro atoms.